The van der Waals surface area contributed by atoms with Crippen LogP contribution in [0, 0.1) is 0 Å². The van der Waals surface area contributed by atoms with Crippen LogP contribution in [0.1, 0.15) is 15.9 Å². The van der Waals surface area contributed by atoms with Crippen LogP contribution in [0.15, 0.2) is 53.7 Å². The molecule has 0 aliphatic heterocycles. The fourth-order valence-electron chi connectivity index (χ4n) is 1.66. The molecule has 5 nitrogen and oxygen atoms in total. The van der Waals surface area contributed by atoms with Gasteiger partial charge in [0.25, 0.3) is 0 Å². The van der Waals surface area contributed by atoms with Gasteiger partial charge in [-0.1, -0.05) is 29.4 Å². The fourth-order valence-corrected chi connectivity index (χ4v) is 1.66. The molecule has 0 aromatic heterocycles. The summed E-state index contributed by atoms with van der Waals surface area (Å²) < 4.78 is 77.9. The Hall–Kier alpha value is -3.24. The van der Waals surface area contributed by atoms with E-state index >= 15 is 0 Å². The van der Waals surface area contributed by atoms with Crippen molar-refractivity contribution in [3.8, 4) is 11.5 Å². The van der Waals surface area contributed by atoms with Gasteiger partial charge >= 0.3 is 12.7 Å². The molecule has 0 amide bonds. The quantitative estimate of drug-likeness (QED) is 0.266. The lowest BCUT2D eigenvalue weighted by molar-refractivity contribution is -0.275. The fraction of sp³-hybridized carbons (Fsp3) is 0.125. The zero-order valence-electron chi connectivity index (χ0n) is 13.2. The number of ether oxygens (including phenoxy) is 2. The number of benzene rings is 2. The second-order valence-corrected chi connectivity index (χ2v) is 4.53. The molecule has 0 saturated carbocycles. The summed E-state index contributed by atoms with van der Waals surface area (Å²) in [5.41, 5.74) is -0.0767. The number of oxime groups is 1. The van der Waals surface area contributed by atoms with Gasteiger partial charge in [-0.3, -0.25) is 4.79 Å². The lowest BCUT2D eigenvalue weighted by Crippen LogP contribution is -2.18. The van der Waals surface area contributed by atoms with Crippen molar-refractivity contribution in [3.05, 3.63) is 59.7 Å². The maximum atomic E-state index is 11.8. The minimum Gasteiger partial charge on any atom is -0.411 e. The molecule has 0 heterocycles. The molecule has 0 radical (unpaired) electrons. The van der Waals surface area contributed by atoms with Crippen LogP contribution in [0.3, 0.4) is 0 Å². The molecule has 0 saturated heterocycles. The Kier molecular flexibility index (Phi) is 7.64. The number of carbonyl (C=O) groups excluding carboxylic acids is 1. The molecule has 0 atom stereocenters. The Morgan fingerprint density at radius 2 is 1.19 bits per heavy atom. The van der Waals surface area contributed by atoms with Crippen LogP contribution in [0.5, 0.6) is 11.5 Å². The molecule has 0 unspecified atom stereocenters. The van der Waals surface area contributed by atoms with Crippen LogP contribution in [-0.2, 0) is 0 Å². The van der Waals surface area contributed by atoms with Crippen molar-refractivity contribution < 1.29 is 45.8 Å². The second kappa shape index (κ2) is 9.46. The maximum Gasteiger partial charge on any atom is 0.573 e. The number of nitrogens with zero attached hydrogens (tertiary/aromatic N) is 1. The molecule has 0 spiro atoms. The molecule has 0 aliphatic rings. The van der Waals surface area contributed by atoms with E-state index in [4.69, 9.17) is 5.21 Å². The average molecular weight is 395 g/mol. The van der Waals surface area contributed by atoms with E-state index in [1.807, 2.05) is 0 Å². The zero-order valence-corrected chi connectivity index (χ0v) is 13.2. The van der Waals surface area contributed by atoms with Gasteiger partial charge < -0.3 is 14.7 Å². The maximum absolute atomic E-state index is 11.8. The molecule has 2 aromatic carbocycles. The van der Waals surface area contributed by atoms with E-state index in [2.05, 4.69) is 14.6 Å². The Labute approximate surface area is 148 Å². The smallest absolute Gasteiger partial charge is 0.411 e. The SMILES string of the molecule is O/N=C/c1ccccc1OC(F)(F)F.O=Cc1ccccc1OC(F)(F)F. The van der Waals surface area contributed by atoms with Gasteiger partial charge in [-0.05, 0) is 24.3 Å². The van der Waals surface area contributed by atoms with Crippen molar-refractivity contribution in [2.45, 2.75) is 12.7 Å². The third-order valence-corrected chi connectivity index (χ3v) is 2.61. The molecule has 2 rings (SSSR count). The van der Waals surface area contributed by atoms with E-state index in [1.165, 1.54) is 36.4 Å². The van der Waals surface area contributed by atoms with Crippen molar-refractivity contribution in [1.29, 1.82) is 0 Å². The first kappa shape index (κ1) is 21.8. The molecule has 27 heavy (non-hydrogen) atoms. The van der Waals surface area contributed by atoms with Crippen molar-refractivity contribution in [2.24, 2.45) is 5.16 Å². The topological polar surface area (TPSA) is 68.1 Å². The molecule has 0 fully saturated rings. The molecule has 0 bridgehead atoms. The van der Waals surface area contributed by atoms with Crippen molar-refractivity contribution >= 4 is 12.5 Å². The summed E-state index contributed by atoms with van der Waals surface area (Å²) in [6, 6.07) is 10.5. The number of halogens is 6. The number of aldehydes is 1. The summed E-state index contributed by atoms with van der Waals surface area (Å²) in [6.45, 7) is 0. The van der Waals surface area contributed by atoms with Crippen molar-refractivity contribution in [1.82, 2.24) is 0 Å². The van der Waals surface area contributed by atoms with E-state index in [1.54, 1.807) is 0 Å². The molecule has 2 aromatic rings. The molecular weight excluding hydrogens is 384 g/mol. The zero-order chi connectivity index (χ0) is 20.5. The Morgan fingerprint density at radius 1 is 0.778 bits per heavy atom. The average Bonchev–Trinajstić information content (AvgIpc) is 2.55. The van der Waals surface area contributed by atoms with Crippen LogP contribution < -0.4 is 9.47 Å². The van der Waals surface area contributed by atoms with Gasteiger partial charge in [-0.25, -0.2) is 0 Å². The lowest BCUT2D eigenvalue weighted by atomic mass is 10.2. The van der Waals surface area contributed by atoms with Gasteiger partial charge in [0, 0.05) is 5.56 Å². The van der Waals surface area contributed by atoms with E-state index in [9.17, 15) is 31.1 Å². The molecule has 11 heteroatoms. The highest BCUT2D eigenvalue weighted by molar-refractivity contribution is 5.83. The standard InChI is InChI=1S/C8H6F3NO2.C8H5F3O2/c9-8(10,11)14-7-4-2-1-3-6(7)5-12-13;9-8(10,11)13-7-4-2-1-3-6(7)5-12/h1-5,13H;1-5H/b12-5+;. The highest BCUT2D eigenvalue weighted by Crippen LogP contribution is 2.25. The number of rotatable bonds is 4. The highest BCUT2D eigenvalue weighted by atomic mass is 19.4. The lowest BCUT2D eigenvalue weighted by Gasteiger charge is -2.10. The number of carbonyl (C=O) groups is 1. The molecule has 0 aliphatic carbocycles. The van der Waals surface area contributed by atoms with Crippen molar-refractivity contribution in [2.75, 3.05) is 0 Å². The molecule has 1 N–H and O–H groups in total. The van der Waals surface area contributed by atoms with Gasteiger partial charge in [0.1, 0.15) is 11.5 Å². The third-order valence-electron chi connectivity index (χ3n) is 2.61. The van der Waals surface area contributed by atoms with Gasteiger partial charge in [0.2, 0.25) is 0 Å². The summed E-state index contributed by atoms with van der Waals surface area (Å²) in [5, 5.41) is 10.8. The molecular formula is C16H11F6NO4. The van der Waals surface area contributed by atoms with Crippen LogP contribution in [0.2, 0.25) is 0 Å². The Morgan fingerprint density at radius 3 is 1.59 bits per heavy atom. The van der Waals surface area contributed by atoms with E-state index in [0.29, 0.717) is 6.29 Å². The van der Waals surface area contributed by atoms with Gasteiger partial charge in [0.05, 0.1) is 11.8 Å². The van der Waals surface area contributed by atoms with Crippen LogP contribution in [0.4, 0.5) is 26.3 Å². The van der Waals surface area contributed by atoms with E-state index in [0.717, 1.165) is 18.3 Å². The Balaban J connectivity index is 0.000000271. The predicted octanol–water partition coefficient (Wildman–Crippen LogP) is 4.79. The summed E-state index contributed by atoms with van der Waals surface area (Å²) in [5.74, 6) is -0.886. The number of alkyl halides is 6. The minimum absolute atomic E-state index is 0.0484. The van der Waals surface area contributed by atoms with Crippen LogP contribution in [0.25, 0.3) is 0 Å². The first-order chi connectivity index (χ1) is 12.6. The Bertz CT molecular complexity index is 774. The largest absolute Gasteiger partial charge is 0.573 e. The minimum atomic E-state index is -4.76. The first-order valence-electron chi connectivity index (χ1n) is 6.88. The normalized spacial score (nSPS) is 11.5. The van der Waals surface area contributed by atoms with Gasteiger partial charge in [-0.15, -0.1) is 26.3 Å². The van der Waals surface area contributed by atoms with Gasteiger partial charge in [-0.2, -0.15) is 0 Å². The number of hydrogen-bond acceptors (Lipinski definition) is 5. The number of para-hydroxylation sites is 2. The number of hydrogen-bond donors (Lipinski definition) is 1. The molecule has 146 valence electrons. The second-order valence-electron chi connectivity index (χ2n) is 4.53. The predicted molar refractivity (Wildman–Crippen MR) is 81.0 cm³/mol. The van der Waals surface area contributed by atoms with Crippen molar-refractivity contribution in [3.63, 3.8) is 0 Å². The summed E-state index contributed by atoms with van der Waals surface area (Å²) >= 11 is 0. The van der Waals surface area contributed by atoms with Crippen LogP contribution >= 0.6 is 0 Å². The summed E-state index contributed by atoms with van der Waals surface area (Å²) in [4.78, 5) is 10.3. The summed E-state index contributed by atoms with van der Waals surface area (Å²) in [7, 11) is 0. The first-order valence-corrected chi connectivity index (χ1v) is 6.88. The highest BCUT2D eigenvalue weighted by Gasteiger charge is 2.32. The third kappa shape index (κ3) is 8.61. The van der Waals surface area contributed by atoms with E-state index in [-0.39, 0.29) is 11.1 Å². The summed E-state index contributed by atoms with van der Waals surface area (Å²) in [6.07, 6.45) is -8.35. The van der Waals surface area contributed by atoms with E-state index < -0.39 is 24.2 Å². The monoisotopic (exact) mass is 395 g/mol. The van der Waals surface area contributed by atoms with Gasteiger partial charge in [0.15, 0.2) is 6.29 Å². The van der Waals surface area contributed by atoms with Crippen LogP contribution in [-0.4, -0.2) is 30.4 Å².